The lowest BCUT2D eigenvalue weighted by atomic mass is 10.1. The summed E-state index contributed by atoms with van der Waals surface area (Å²) >= 11 is 0. The van der Waals surface area contributed by atoms with Gasteiger partial charge >= 0.3 is 0 Å². The van der Waals surface area contributed by atoms with Gasteiger partial charge < -0.3 is 0 Å². The second-order valence-electron chi connectivity index (χ2n) is 4.74. The van der Waals surface area contributed by atoms with Gasteiger partial charge in [0, 0.05) is 12.0 Å². The fourth-order valence-corrected chi connectivity index (χ4v) is 1.67. The molecule has 0 aliphatic carbocycles. The van der Waals surface area contributed by atoms with Crippen molar-refractivity contribution >= 4 is 11.7 Å². The van der Waals surface area contributed by atoms with Crippen molar-refractivity contribution in [3.8, 4) is 0 Å². The van der Waals surface area contributed by atoms with Crippen molar-refractivity contribution in [2.45, 2.75) is 47.6 Å². The first-order chi connectivity index (χ1) is 6.86. The van der Waals surface area contributed by atoms with Gasteiger partial charge in [-0.2, -0.15) is 0 Å². The fraction of sp³-hybridized carbons (Fsp3) is 0.667. The molecule has 0 aromatic heterocycles. The van der Waals surface area contributed by atoms with Crippen LogP contribution in [-0.4, -0.2) is 22.7 Å². The van der Waals surface area contributed by atoms with Gasteiger partial charge in [-0.3, -0.25) is 9.69 Å². The predicted octanol–water partition coefficient (Wildman–Crippen LogP) is 2.59. The van der Waals surface area contributed by atoms with Gasteiger partial charge in [0.1, 0.15) is 11.5 Å². The molecule has 0 atom stereocenters. The van der Waals surface area contributed by atoms with Crippen LogP contribution in [-0.2, 0) is 4.79 Å². The Balaban J connectivity index is 3.18. The van der Waals surface area contributed by atoms with Gasteiger partial charge in [0.15, 0.2) is 0 Å². The third-order valence-electron chi connectivity index (χ3n) is 2.40. The summed E-state index contributed by atoms with van der Waals surface area (Å²) < 4.78 is 0. The standard InChI is InChI=1S/C12H20N2O/c1-7(2)10-12(15)14(9(5)6)11(13-10)8(3)4/h8-9H,1-6H3. The molecule has 0 spiro atoms. The van der Waals surface area contributed by atoms with E-state index in [0.29, 0.717) is 5.70 Å². The van der Waals surface area contributed by atoms with Crippen molar-refractivity contribution in [2.75, 3.05) is 0 Å². The molecule has 0 fully saturated rings. The third-order valence-corrected chi connectivity index (χ3v) is 2.40. The van der Waals surface area contributed by atoms with E-state index < -0.39 is 0 Å². The van der Waals surface area contributed by atoms with E-state index in [-0.39, 0.29) is 17.9 Å². The van der Waals surface area contributed by atoms with Crippen LogP contribution in [0.25, 0.3) is 0 Å². The van der Waals surface area contributed by atoms with E-state index in [1.54, 1.807) is 4.90 Å². The molecule has 0 saturated carbocycles. The Hall–Kier alpha value is -1.12. The zero-order valence-electron chi connectivity index (χ0n) is 10.5. The highest BCUT2D eigenvalue weighted by atomic mass is 16.2. The second kappa shape index (κ2) is 4.17. The highest BCUT2D eigenvalue weighted by Crippen LogP contribution is 2.23. The molecule has 1 rings (SSSR count). The highest BCUT2D eigenvalue weighted by Gasteiger charge is 2.33. The number of carbonyl (C=O) groups excluding carboxylic acids is 1. The first-order valence-corrected chi connectivity index (χ1v) is 5.45. The molecule has 0 aromatic carbocycles. The lowest BCUT2D eigenvalue weighted by molar-refractivity contribution is -0.123. The third kappa shape index (κ3) is 2.11. The average molecular weight is 208 g/mol. The van der Waals surface area contributed by atoms with Crippen molar-refractivity contribution in [2.24, 2.45) is 10.9 Å². The molecule has 1 aliphatic rings. The van der Waals surface area contributed by atoms with Crippen molar-refractivity contribution in [1.82, 2.24) is 4.90 Å². The molecule has 0 aromatic rings. The molecule has 3 nitrogen and oxygen atoms in total. The van der Waals surface area contributed by atoms with Crippen molar-refractivity contribution in [3.63, 3.8) is 0 Å². The van der Waals surface area contributed by atoms with Crippen molar-refractivity contribution in [1.29, 1.82) is 0 Å². The normalized spacial score (nSPS) is 16.8. The van der Waals surface area contributed by atoms with Crippen molar-refractivity contribution in [3.05, 3.63) is 11.3 Å². The van der Waals surface area contributed by atoms with Crippen LogP contribution in [0.3, 0.4) is 0 Å². The minimum atomic E-state index is 0.0497. The van der Waals surface area contributed by atoms with Crippen LogP contribution in [0.1, 0.15) is 41.5 Å². The Morgan fingerprint density at radius 1 is 1.20 bits per heavy atom. The maximum atomic E-state index is 12.1. The van der Waals surface area contributed by atoms with E-state index in [9.17, 15) is 4.79 Å². The molecule has 0 N–H and O–H groups in total. The molecule has 0 bridgehead atoms. The molecule has 0 radical (unpaired) electrons. The van der Waals surface area contributed by atoms with Crippen LogP contribution in [0.4, 0.5) is 0 Å². The van der Waals surface area contributed by atoms with E-state index in [1.807, 2.05) is 27.7 Å². The minimum Gasteiger partial charge on any atom is -0.292 e. The van der Waals surface area contributed by atoms with E-state index >= 15 is 0 Å². The largest absolute Gasteiger partial charge is 0.292 e. The summed E-state index contributed by atoms with van der Waals surface area (Å²) in [6, 6.07) is 0.176. The van der Waals surface area contributed by atoms with Gasteiger partial charge in [-0.25, -0.2) is 4.99 Å². The molecular weight excluding hydrogens is 188 g/mol. The van der Waals surface area contributed by atoms with E-state index in [0.717, 1.165) is 11.4 Å². The van der Waals surface area contributed by atoms with Crippen LogP contribution in [0.5, 0.6) is 0 Å². The molecule has 1 heterocycles. The van der Waals surface area contributed by atoms with Crippen molar-refractivity contribution < 1.29 is 4.79 Å². The number of nitrogens with zero attached hydrogens (tertiary/aromatic N) is 2. The first-order valence-electron chi connectivity index (χ1n) is 5.45. The van der Waals surface area contributed by atoms with Gasteiger partial charge in [0.25, 0.3) is 5.91 Å². The number of aliphatic imine (C=N–C) groups is 1. The smallest absolute Gasteiger partial charge is 0.278 e. The molecule has 0 unspecified atom stereocenters. The number of allylic oxidation sites excluding steroid dienone is 1. The first kappa shape index (κ1) is 12.0. The Morgan fingerprint density at radius 3 is 2.00 bits per heavy atom. The van der Waals surface area contributed by atoms with Gasteiger partial charge in [-0.05, 0) is 33.3 Å². The second-order valence-corrected chi connectivity index (χ2v) is 4.74. The molecule has 1 amide bonds. The summed E-state index contributed by atoms with van der Waals surface area (Å²) in [5, 5.41) is 0. The quantitative estimate of drug-likeness (QED) is 0.642. The van der Waals surface area contributed by atoms with E-state index in [1.165, 1.54) is 0 Å². The predicted molar refractivity (Wildman–Crippen MR) is 62.6 cm³/mol. The maximum absolute atomic E-state index is 12.1. The molecule has 15 heavy (non-hydrogen) atoms. The van der Waals surface area contributed by atoms with Crippen LogP contribution in [0, 0.1) is 5.92 Å². The van der Waals surface area contributed by atoms with Crippen LogP contribution < -0.4 is 0 Å². The van der Waals surface area contributed by atoms with Gasteiger partial charge in [-0.15, -0.1) is 0 Å². The highest BCUT2D eigenvalue weighted by molar-refractivity contribution is 6.13. The lowest BCUT2D eigenvalue weighted by Gasteiger charge is -2.24. The summed E-state index contributed by atoms with van der Waals surface area (Å²) in [7, 11) is 0. The number of rotatable bonds is 2. The Labute approximate surface area is 91.9 Å². The van der Waals surface area contributed by atoms with Crippen LogP contribution in [0.2, 0.25) is 0 Å². The lowest BCUT2D eigenvalue weighted by Crippen LogP contribution is -2.40. The molecule has 0 saturated heterocycles. The zero-order valence-corrected chi connectivity index (χ0v) is 10.5. The maximum Gasteiger partial charge on any atom is 0.278 e. The monoisotopic (exact) mass is 208 g/mol. The Bertz CT molecular complexity index is 334. The minimum absolute atomic E-state index is 0.0497. The van der Waals surface area contributed by atoms with Crippen LogP contribution >= 0.6 is 0 Å². The van der Waals surface area contributed by atoms with Gasteiger partial charge in [-0.1, -0.05) is 13.8 Å². The summed E-state index contributed by atoms with van der Waals surface area (Å²) in [4.78, 5) is 18.3. The van der Waals surface area contributed by atoms with E-state index in [4.69, 9.17) is 0 Å². The molecule has 1 aliphatic heterocycles. The molecular formula is C12H20N2O. The number of hydrogen-bond acceptors (Lipinski definition) is 2. The summed E-state index contributed by atoms with van der Waals surface area (Å²) in [5.74, 6) is 1.23. The number of carbonyl (C=O) groups is 1. The summed E-state index contributed by atoms with van der Waals surface area (Å²) in [5.41, 5.74) is 1.61. The topological polar surface area (TPSA) is 32.7 Å². The summed E-state index contributed by atoms with van der Waals surface area (Å²) in [6.07, 6.45) is 0. The number of amidine groups is 1. The molecule has 3 heteroatoms. The van der Waals surface area contributed by atoms with E-state index in [2.05, 4.69) is 18.8 Å². The van der Waals surface area contributed by atoms with Crippen LogP contribution in [0.15, 0.2) is 16.3 Å². The average Bonchev–Trinajstić information content (AvgIpc) is 2.42. The number of amides is 1. The number of hydrogen-bond donors (Lipinski definition) is 0. The van der Waals surface area contributed by atoms with Gasteiger partial charge in [0.05, 0.1) is 0 Å². The Kier molecular flexibility index (Phi) is 3.32. The zero-order chi connectivity index (χ0) is 11.7. The Morgan fingerprint density at radius 2 is 1.73 bits per heavy atom. The summed E-state index contributed by atoms with van der Waals surface area (Å²) in [6.45, 7) is 12.0. The molecule has 84 valence electrons. The van der Waals surface area contributed by atoms with Gasteiger partial charge in [0.2, 0.25) is 0 Å². The SMILES string of the molecule is CC(C)=C1N=C(C(C)C)N(C(C)C)C1=O. The fourth-order valence-electron chi connectivity index (χ4n) is 1.67.